The van der Waals surface area contributed by atoms with Crippen molar-refractivity contribution in [2.45, 2.75) is 6.04 Å². The van der Waals surface area contributed by atoms with Crippen molar-refractivity contribution in [1.29, 1.82) is 0 Å². The second-order valence-corrected chi connectivity index (χ2v) is 7.27. The van der Waals surface area contributed by atoms with Gasteiger partial charge < -0.3 is 19.2 Å². The largest absolute Gasteiger partial charge is 0.503 e. The van der Waals surface area contributed by atoms with Crippen molar-refractivity contribution in [1.82, 2.24) is 9.80 Å². The molecule has 1 amide bonds. The maximum atomic E-state index is 13.0. The van der Waals surface area contributed by atoms with Crippen LogP contribution in [0, 0.1) is 10.1 Å². The van der Waals surface area contributed by atoms with Gasteiger partial charge in [0.1, 0.15) is 0 Å². The average Bonchev–Trinajstić information content (AvgIpc) is 3.41. The van der Waals surface area contributed by atoms with Gasteiger partial charge in [0, 0.05) is 38.3 Å². The fourth-order valence-electron chi connectivity index (χ4n) is 3.86. The van der Waals surface area contributed by atoms with Gasteiger partial charge in [0.05, 0.1) is 36.0 Å². The summed E-state index contributed by atoms with van der Waals surface area (Å²) in [5.41, 5.74) is 0.274. The van der Waals surface area contributed by atoms with E-state index < -0.39 is 28.4 Å². The molecule has 3 heterocycles. The van der Waals surface area contributed by atoms with Crippen LogP contribution in [0.2, 0.25) is 0 Å². The van der Waals surface area contributed by atoms with E-state index in [4.69, 9.17) is 9.15 Å². The van der Waals surface area contributed by atoms with Gasteiger partial charge in [-0.1, -0.05) is 0 Å². The topological polar surface area (TPSA) is 126 Å². The maximum absolute atomic E-state index is 13.0. The molecule has 0 bridgehead atoms. The quantitative estimate of drug-likeness (QED) is 0.404. The number of ether oxygens (including phenoxy) is 1. The van der Waals surface area contributed by atoms with E-state index in [1.165, 1.54) is 41.5 Å². The normalized spacial score (nSPS) is 19.8. The van der Waals surface area contributed by atoms with Crippen LogP contribution in [0.3, 0.4) is 0 Å². The number of furan rings is 1. The van der Waals surface area contributed by atoms with Crippen LogP contribution in [0.15, 0.2) is 58.4 Å². The summed E-state index contributed by atoms with van der Waals surface area (Å²) < 4.78 is 10.5. The fraction of sp³-hybridized carbons (Fsp3) is 0.333. The molecule has 2 aromatic rings. The van der Waals surface area contributed by atoms with Crippen molar-refractivity contribution in [2.75, 3.05) is 39.4 Å². The number of non-ortho nitro benzene ring substituents is 1. The standard InChI is InChI=1S/C21H21N3O7/c25-19(16-2-1-11-31-16)17-18(14-3-5-15(6-4-14)24(28)29)23(21(27)20(17)26)8-7-22-9-12-30-13-10-22/h1-6,11,18,26H,7-10,12-13H2/t18-/m0/s1. The zero-order chi connectivity index (χ0) is 22.0. The molecule has 10 nitrogen and oxygen atoms in total. The van der Waals surface area contributed by atoms with Crippen molar-refractivity contribution >= 4 is 17.4 Å². The number of hydrogen-bond donors (Lipinski definition) is 1. The van der Waals surface area contributed by atoms with Crippen molar-refractivity contribution in [2.24, 2.45) is 0 Å². The second kappa shape index (κ2) is 8.70. The average molecular weight is 427 g/mol. The Hall–Kier alpha value is -3.50. The number of aliphatic hydroxyl groups is 1. The lowest BCUT2D eigenvalue weighted by Crippen LogP contribution is -2.43. The predicted octanol–water partition coefficient (Wildman–Crippen LogP) is 2.10. The number of aliphatic hydroxyl groups excluding tert-OH is 1. The Bertz CT molecular complexity index is 1010. The van der Waals surface area contributed by atoms with Gasteiger partial charge in [0.2, 0.25) is 5.78 Å². The highest BCUT2D eigenvalue weighted by Crippen LogP contribution is 2.39. The summed E-state index contributed by atoms with van der Waals surface area (Å²) >= 11 is 0. The number of carbonyl (C=O) groups excluding carboxylic acids is 2. The predicted molar refractivity (Wildman–Crippen MR) is 108 cm³/mol. The third kappa shape index (κ3) is 4.07. The van der Waals surface area contributed by atoms with Crippen molar-refractivity contribution in [3.8, 4) is 0 Å². The van der Waals surface area contributed by atoms with E-state index in [0.29, 0.717) is 25.3 Å². The highest BCUT2D eigenvalue weighted by molar-refractivity contribution is 6.15. The van der Waals surface area contributed by atoms with Crippen LogP contribution in [0.4, 0.5) is 5.69 Å². The van der Waals surface area contributed by atoms with Gasteiger partial charge in [-0.15, -0.1) is 0 Å². The molecule has 10 heteroatoms. The van der Waals surface area contributed by atoms with Crippen molar-refractivity contribution < 1.29 is 28.8 Å². The molecular formula is C21H21N3O7. The monoisotopic (exact) mass is 427 g/mol. The smallest absolute Gasteiger partial charge is 0.290 e. The van der Waals surface area contributed by atoms with Crippen LogP contribution in [0.1, 0.15) is 22.2 Å². The van der Waals surface area contributed by atoms with Crippen LogP contribution < -0.4 is 0 Å². The summed E-state index contributed by atoms with van der Waals surface area (Å²) in [5.74, 6) is -1.90. The minimum absolute atomic E-state index is 0.00343. The lowest BCUT2D eigenvalue weighted by atomic mass is 9.95. The molecule has 2 aliphatic heterocycles. The van der Waals surface area contributed by atoms with Gasteiger partial charge in [-0.3, -0.25) is 24.6 Å². The summed E-state index contributed by atoms with van der Waals surface area (Å²) in [6, 6.07) is 7.72. The molecule has 0 radical (unpaired) electrons. The molecule has 1 aromatic heterocycles. The first kappa shape index (κ1) is 20.8. The summed E-state index contributed by atoms with van der Waals surface area (Å²) in [6.07, 6.45) is 1.33. The lowest BCUT2D eigenvalue weighted by Gasteiger charge is -2.31. The summed E-state index contributed by atoms with van der Waals surface area (Å²) in [6.45, 7) is 3.45. The molecule has 162 valence electrons. The third-order valence-electron chi connectivity index (χ3n) is 5.47. The number of hydrogen-bond acceptors (Lipinski definition) is 8. The van der Waals surface area contributed by atoms with Gasteiger partial charge in [-0.2, -0.15) is 0 Å². The number of Topliss-reactive ketones (excluding diaryl/α,β-unsaturated/α-hetero) is 1. The van der Waals surface area contributed by atoms with Crippen molar-refractivity contribution in [3.63, 3.8) is 0 Å². The molecular weight excluding hydrogens is 406 g/mol. The minimum atomic E-state index is -0.882. The SMILES string of the molecule is O=C(C1=C(O)C(=O)N(CCN2CCOCC2)[C@H]1c1ccc([N+](=O)[O-])cc1)c1ccco1. The molecule has 4 rings (SSSR count). The molecule has 1 atom stereocenters. The van der Waals surface area contributed by atoms with Crippen LogP contribution in [0.25, 0.3) is 0 Å². The van der Waals surface area contributed by atoms with Gasteiger partial charge in [-0.05, 0) is 29.8 Å². The Kier molecular flexibility index (Phi) is 5.83. The molecule has 31 heavy (non-hydrogen) atoms. The van der Waals surface area contributed by atoms with Crippen LogP contribution in [-0.2, 0) is 9.53 Å². The highest BCUT2D eigenvalue weighted by atomic mass is 16.6. The highest BCUT2D eigenvalue weighted by Gasteiger charge is 2.44. The summed E-state index contributed by atoms with van der Waals surface area (Å²) in [7, 11) is 0. The first-order chi connectivity index (χ1) is 15.0. The van der Waals surface area contributed by atoms with E-state index in [1.54, 1.807) is 6.07 Å². The number of amides is 1. The molecule has 0 aliphatic carbocycles. The first-order valence-corrected chi connectivity index (χ1v) is 9.84. The van der Waals surface area contributed by atoms with E-state index in [9.17, 15) is 24.8 Å². The van der Waals surface area contributed by atoms with Crippen LogP contribution >= 0.6 is 0 Å². The number of morpholine rings is 1. The Labute approximate surface area is 177 Å². The molecule has 1 aromatic carbocycles. The Morgan fingerprint density at radius 1 is 1.16 bits per heavy atom. The van der Waals surface area contributed by atoms with Gasteiger partial charge in [-0.25, -0.2) is 0 Å². The van der Waals surface area contributed by atoms with Gasteiger partial charge in [0.25, 0.3) is 11.6 Å². The van der Waals surface area contributed by atoms with E-state index in [1.807, 2.05) is 0 Å². The van der Waals surface area contributed by atoms with Crippen LogP contribution in [0.5, 0.6) is 0 Å². The number of nitro groups is 1. The zero-order valence-electron chi connectivity index (χ0n) is 16.6. The Balaban J connectivity index is 1.67. The molecule has 0 saturated carbocycles. The zero-order valence-corrected chi connectivity index (χ0v) is 16.6. The maximum Gasteiger partial charge on any atom is 0.290 e. The van der Waals surface area contributed by atoms with Crippen LogP contribution in [-0.4, -0.2) is 70.9 Å². The molecule has 2 aliphatic rings. The Morgan fingerprint density at radius 3 is 2.48 bits per heavy atom. The number of rotatable bonds is 7. The number of nitrogens with zero attached hydrogens (tertiary/aromatic N) is 3. The van der Waals surface area contributed by atoms with Crippen molar-refractivity contribution in [3.05, 3.63) is 75.4 Å². The molecule has 1 saturated heterocycles. The van der Waals surface area contributed by atoms with E-state index in [-0.39, 0.29) is 23.6 Å². The number of benzene rings is 1. The fourth-order valence-corrected chi connectivity index (χ4v) is 3.86. The summed E-state index contributed by atoms with van der Waals surface area (Å²) in [5, 5.41) is 21.6. The molecule has 1 fully saturated rings. The second-order valence-electron chi connectivity index (χ2n) is 7.27. The van der Waals surface area contributed by atoms with E-state index in [2.05, 4.69) is 4.90 Å². The van der Waals surface area contributed by atoms with Gasteiger partial charge in [0.15, 0.2) is 11.5 Å². The number of nitro benzene ring substituents is 1. The Morgan fingerprint density at radius 2 is 1.87 bits per heavy atom. The van der Waals surface area contributed by atoms with E-state index in [0.717, 1.165) is 13.1 Å². The number of carbonyl (C=O) groups is 2. The molecule has 1 N–H and O–H groups in total. The first-order valence-electron chi connectivity index (χ1n) is 9.84. The molecule has 0 spiro atoms. The lowest BCUT2D eigenvalue weighted by molar-refractivity contribution is -0.384. The third-order valence-corrected chi connectivity index (χ3v) is 5.47. The van der Waals surface area contributed by atoms with Gasteiger partial charge >= 0.3 is 0 Å². The molecule has 0 unspecified atom stereocenters. The number of ketones is 1. The van der Waals surface area contributed by atoms with E-state index >= 15 is 0 Å². The minimum Gasteiger partial charge on any atom is -0.503 e. The summed E-state index contributed by atoms with van der Waals surface area (Å²) in [4.78, 5) is 40.0.